The van der Waals surface area contributed by atoms with Crippen molar-refractivity contribution in [2.24, 2.45) is 4.99 Å². The lowest BCUT2D eigenvalue weighted by Crippen LogP contribution is -2.13. The summed E-state index contributed by atoms with van der Waals surface area (Å²) in [6.45, 7) is 1.46. The monoisotopic (exact) mass is 300 g/mol. The van der Waals surface area contributed by atoms with Gasteiger partial charge in [0.15, 0.2) is 0 Å². The number of hydrogen-bond acceptors (Lipinski definition) is 4. The third-order valence-corrected chi connectivity index (χ3v) is 3.60. The molecule has 1 N–H and O–H groups in total. The fourth-order valence-electron chi connectivity index (χ4n) is 2.39. The molecule has 0 aliphatic carbocycles. The van der Waals surface area contributed by atoms with E-state index in [2.05, 4.69) is 32.4 Å². The van der Waals surface area contributed by atoms with E-state index in [4.69, 9.17) is 11.6 Å². The molecule has 1 aromatic carbocycles. The third-order valence-electron chi connectivity index (χ3n) is 3.37. The predicted molar refractivity (Wildman–Crippen MR) is 87.1 cm³/mol. The van der Waals surface area contributed by atoms with Crippen LogP contribution in [0, 0.1) is 0 Å². The normalized spacial score (nSPS) is 15.0. The van der Waals surface area contributed by atoms with Gasteiger partial charge < -0.3 is 5.32 Å². The van der Waals surface area contributed by atoms with Crippen LogP contribution in [0.2, 0.25) is 5.02 Å². The van der Waals surface area contributed by atoms with Gasteiger partial charge in [-0.3, -0.25) is 4.99 Å². The highest BCUT2D eigenvalue weighted by Crippen LogP contribution is 2.22. The number of halogens is 1. The minimum absolute atomic E-state index is 0.628. The van der Waals surface area contributed by atoms with E-state index in [1.54, 1.807) is 0 Å². The highest BCUT2D eigenvalue weighted by molar-refractivity contribution is 6.31. The van der Waals surface area contributed by atoms with E-state index in [0.717, 1.165) is 47.5 Å². The smallest absolute Gasteiger partial charge is 0.143 e. The lowest BCUT2D eigenvalue weighted by Gasteiger charge is -2.09. The Morgan fingerprint density at radius 2 is 2.19 bits per heavy atom. The number of hydrogen-bond donors (Lipinski definition) is 1. The fourth-order valence-corrected chi connectivity index (χ4v) is 2.56. The van der Waals surface area contributed by atoms with Gasteiger partial charge in [0.05, 0.1) is 23.5 Å². The molecule has 0 radical (unpaired) electrons. The van der Waals surface area contributed by atoms with Gasteiger partial charge in [-0.2, -0.15) is 0 Å². The lowest BCUT2D eigenvalue weighted by atomic mass is 10.1. The molecule has 0 unspecified atom stereocenters. The first-order valence-corrected chi connectivity index (χ1v) is 7.48. The standard InChI is InChI=1S/C16H17ClN4/c1-18-10-15-20-13-7-6-11(17)9-12(13)16(21-15)14-5-3-2-4-8-19-14/h3,5-7,9,18H,2,4,8,10H2,1H3. The molecule has 2 aromatic rings. The van der Waals surface area contributed by atoms with E-state index >= 15 is 0 Å². The molecule has 2 heterocycles. The molecule has 0 fully saturated rings. The van der Waals surface area contributed by atoms with Crippen LogP contribution in [0.15, 0.2) is 35.3 Å². The van der Waals surface area contributed by atoms with Gasteiger partial charge in [-0.05, 0) is 44.2 Å². The zero-order valence-electron chi connectivity index (χ0n) is 11.9. The van der Waals surface area contributed by atoms with Crippen molar-refractivity contribution in [1.29, 1.82) is 0 Å². The van der Waals surface area contributed by atoms with Crippen molar-refractivity contribution in [2.45, 2.75) is 19.4 Å². The topological polar surface area (TPSA) is 50.2 Å². The van der Waals surface area contributed by atoms with E-state index < -0.39 is 0 Å². The molecule has 3 rings (SSSR count). The van der Waals surface area contributed by atoms with Crippen LogP contribution in [0.3, 0.4) is 0 Å². The molecule has 108 valence electrons. The zero-order chi connectivity index (χ0) is 14.7. The summed E-state index contributed by atoms with van der Waals surface area (Å²) < 4.78 is 0. The van der Waals surface area contributed by atoms with Crippen molar-refractivity contribution in [2.75, 3.05) is 13.6 Å². The number of nitrogens with zero attached hydrogens (tertiary/aromatic N) is 3. The average molecular weight is 301 g/mol. The molecule has 1 aliphatic heterocycles. The van der Waals surface area contributed by atoms with Gasteiger partial charge in [0, 0.05) is 17.0 Å². The second-order valence-corrected chi connectivity index (χ2v) is 5.43. The molecule has 5 heteroatoms. The Bertz CT molecular complexity index is 722. The first-order valence-electron chi connectivity index (χ1n) is 7.10. The van der Waals surface area contributed by atoms with Crippen LogP contribution >= 0.6 is 11.6 Å². The van der Waals surface area contributed by atoms with Gasteiger partial charge in [-0.1, -0.05) is 17.7 Å². The summed E-state index contributed by atoms with van der Waals surface area (Å²) in [5.74, 6) is 0.766. The summed E-state index contributed by atoms with van der Waals surface area (Å²) in [5, 5.41) is 4.73. The molecule has 21 heavy (non-hydrogen) atoms. The Kier molecular flexibility index (Phi) is 4.27. The molecule has 0 amide bonds. The van der Waals surface area contributed by atoms with Gasteiger partial charge in [0.1, 0.15) is 5.82 Å². The largest absolute Gasteiger partial charge is 0.313 e. The van der Waals surface area contributed by atoms with Crippen LogP contribution in [0.5, 0.6) is 0 Å². The van der Waals surface area contributed by atoms with Crippen molar-refractivity contribution in [3.63, 3.8) is 0 Å². The van der Waals surface area contributed by atoms with Crippen LogP contribution in [0.4, 0.5) is 0 Å². The number of allylic oxidation sites excluding steroid dienone is 2. The lowest BCUT2D eigenvalue weighted by molar-refractivity contribution is 0.763. The molecule has 0 bridgehead atoms. The van der Waals surface area contributed by atoms with E-state index in [0.29, 0.717) is 11.6 Å². The Morgan fingerprint density at radius 1 is 1.29 bits per heavy atom. The summed E-state index contributed by atoms with van der Waals surface area (Å²) in [6.07, 6.45) is 6.34. The van der Waals surface area contributed by atoms with Crippen molar-refractivity contribution in [3.8, 4) is 0 Å². The molecule has 0 spiro atoms. The number of benzene rings is 1. The minimum Gasteiger partial charge on any atom is -0.313 e. The number of fused-ring (bicyclic) bond motifs is 1. The van der Waals surface area contributed by atoms with Crippen molar-refractivity contribution in [1.82, 2.24) is 15.3 Å². The van der Waals surface area contributed by atoms with Gasteiger partial charge in [0.2, 0.25) is 0 Å². The maximum absolute atomic E-state index is 6.14. The molecule has 1 aromatic heterocycles. The molecule has 0 saturated heterocycles. The van der Waals surface area contributed by atoms with Crippen molar-refractivity contribution < 1.29 is 0 Å². The Morgan fingerprint density at radius 3 is 3.05 bits per heavy atom. The molecule has 0 saturated carbocycles. The fraction of sp³-hybridized carbons (Fsp3) is 0.312. The third kappa shape index (κ3) is 3.12. The number of nitrogens with one attached hydrogen (secondary N) is 1. The van der Waals surface area contributed by atoms with E-state index in [-0.39, 0.29) is 0 Å². The summed E-state index contributed by atoms with van der Waals surface area (Å²) in [4.78, 5) is 13.9. The predicted octanol–water partition coefficient (Wildman–Crippen LogP) is 3.14. The summed E-state index contributed by atoms with van der Waals surface area (Å²) in [6, 6.07) is 5.70. The van der Waals surface area contributed by atoms with Gasteiger partial charge in [-0.15, -0.1) is 0 Å². The molecule has 0 atom stereocenters. The average Bonchev–Trinajstić information content (AvgIpc) is 2.76. The maximum Gasteiger partial charge on any atom is 0.143 e. The molecule has 4 nitrogen and oxygen atoms in total. The SMILES string of the molecule is CNCc1nc(C2=NCCCC=C2)c2cc(Cl)ccc2n1. The van der Waals surface area contributed by atoms with Crippen molar-refractivity contribution >= 4 is 28.2 Å². The Balaban J connectivity index is 2.21. The quantitative estimate of drug-likeness (QED) is 0.947. The Labute approximate surface area is 129 Å². The zero-order valence-corrected chi connectivity index (χ0v) is 12.7. The van der Waals surface area contributed by atoms with Crippen LogP contribution < -0.4 is 5.32 Å². The van der Waals surface area contributed by atoms with Gasteiger partial charge in [0.25, 0.3) is 0 Å². The van der Waals surface area contributed by atoms with E-state index in [1.165, 1.54) is 0 Å². The summed E-state index contributed by atoms with van der Waals surface area (Å²) >= 11 is 6.14. The minimum atomic E-state index is 0.628. The first-order chi connectivity index (χ1) is 10.3. The van der Waals surface area contributed by atoms with Crippen LogP contribution in [-0.4, -0.2) is 29.3 Å². The maximum atomic E-state index is 6.14. The number of aromatic nitrogens is 2. The molecular formula is C16H17ClN4. The summed E-state index contributed by atoms with van der Waals surface area (Å²) in [7, 11) is 1.89. The number of aliphatic imine (C=N–C) groups is 1. The van der Waals surface area contributed by atoms with Crippen LogP contribution in [-0.2, 0) is 6.54 Å². The van der Waals surface area contributed by atoms with Crippen molar-refractivity contribution in [3.05, 3.63) is 46.9 Å². The van der Waals surface area contributed by atoms with Crippen LogP contribution in [0.25, 0.3) is 10.9 Å². The Hall–Kier alpha value is -1.78. The second-order valence-electron chi connectivity index (χ2n) is 4.99. The second kappa shape index (κ2) is 6.33. The van der Waals surface area contributed by atoms with E-state index in [9.17, 15) is 0 Å². The highest BCUT2D eigenvalue weighted by Gasteiger charge is 2.12. The van der Waals surface area contributed by atoms with Crippen LogP contribution in [0.1, 0.15) is 24.4 Å². The van der Waals surface area contributed by atoms with E-state index in [1.807, 2.05) is 25.2 Å². The number of rotatable bonds is 3. The highest BCUT2D eigenvalue weighted by atomic mass is 35.5. The molecule has 1 aliphatic rings. The van der Waals surface area contributed by atoms with Gasteiger partial charge >= 0.3 is 0 Å². The van der Waals surface area contributed by atoms with Gasteiger partial charge in [-0.25, -0.2) is 9.97 Å². The summed E-state index contributed by atoms with van der Waals surface area (Å²) in [5.41, 5.74) is 2.68. The first kappa shape index (κ1) is 14.2. The molecular weight excluding hydrogens is 284 g/mol.